The van der Waals surface area contributed by atoms with Gasteiger partial charge in [0.25, 0.3) is 5.91 Å². The first-order valence-electron chi connectivity index (χ1n) is 5.98. The third kappa shape index (κ3) is 2.35. The minimum atomic E-state index is -0.227. The van der Waals surface area contributed by atoms with E-state index in [1.54, 1.807) is 18.5 Å². The molecule has 2 N–H and O–H groups in total. The highest BCUT2D eigenvalue weighted by molar-refractivity contribution is 5.96. The Balaban J connectivity index is 1.77. The van der Waals surface area contributed by atoms with E-state index in [-0.39, 0.29) is 5.91 Å². The third-order valence-electron chi connectivity index (χ3n) is 2.90. The Bertz CT molecular complexity index is 713. The number of amides is 1. The molecule has 2 heterocycles. The van der Waals surface area contributed by atoms with E-state index >= 15 is 0 Å². The molecule has 0 aliphatic heterocycles. The Hall–Kier alpha value is -2.56. The van der Waals surface area contributed by atoms with Crippen molar-refractivity contribution in [2.75, 3.05) is 0 Å². The Morgan fingerprint density at radius 2 is 2.32 bits per heavy atom. The van der Waals surface area contributed by atoms with Crippen molar-refractivity contribution in [1.82, 2.24) is 15.5 Å². The standard InChI is InChI=1S/C14H13N3O2/c1-9-2-3-12-11(4-9)5-13(19-12)14(18)15-6-10-7-16-17-8-10/h2-5,7-8H,6H2,1H3,(H,15,18)(H,16,17). The van der Waals surface area contributed by atoms with Gasteiger partial charge in [-0.2, -0.15) is 5.10 Å². The molecule has 1 amide bonds. The maximum Gasteiger partial charge on any atom is 0.287 e. The molecular formula is C14H13N3O2. The molecular weight excluding hydrogens is 242 g/mol. The second-order valence-electron chi connectivity index (χ2n) is 4.44. The summed E-state index contributed by atoms with van der Waals surface area (Å²) in [6.07, 6.45) is 3.41. The average Bonchev–Trinajstić information content (AvgIpc) is 3.04. The van der Waals surface area contributed by atoms with Gasteiger partial charge in [-0.1, -0.05) is 11.6 Å². The molecule has 0 aliphatic rings. The van der Waals surface area contributed by atoms with Gasteiger partial charge in [0.15, 0.2) is 5.76 Å². The number of carbonyl (C=O) groups excluding carboxylic acids is 1. The van der Waals surface area contributed by atoms with E-state index in [9.17, 15) is 4.79 Å². The van der Waals surface area contributed by atoms with Gasteiger partial charge >= 0.3 is 0 Å². The number of H-pyrrole nitrogens is 1. The maximum absolute atomic E-state index is 12.0. The second kappa shape index (κ2) is 4.61. The first-order chi connectivity index (χ1) is 9.22. The highest BCUT2D eigenvalue weighted by Crippen LogP contribution is 2.20. The SMILES string of the molecule is Cc1ccc2oc(C(=O)NCc3cn[nH]c3)cc2c1. The first-order valence-corrected chi connectivity index (χ1v) is 5.98. The number of aromatic nitrogens is 2. The van der Waals surface area contributed by atoms with E-state index in [1.165, 1.54) is 0 Å². The maximum atomic E-state index is 12.0. The van der Waals surface area contributed by atoms with Crippen LogP contribution < -0.4 is 5.32 Å². The van der Waals surface area contributed by atoms with Crippen molar-refractivity contribution in [2.45, 2.75) is 13.5 Å². The molecule has 0 saturated carbocycles. The summed E-state index contributed by atoms with van der Waals surface area (Å²) in [6, 6.07) is 7.58. The largest absolute Gasteiger partial charge is 0.451 e. The van der Waals surface area contributed by atoms with Crippen molar-refractivity contribution in [3.05, 3.63) is 53.5 Å². The van der Waals surface area contributed by atoms with E-state index in [0.29, 0.717) is 12.3 Å². The number of aromatic amines is 1. The summed E-state index contributed by atoms with van der Waals surface area (Å²) >= 11 is 0. The fourth-order valence-electron chi connectivity index (χ4n) is 1.92. The highest BCUT2D eigenvalue weighted by Gasteiger charge is 2.12. The number of nitrogens with zero attached hydrogens (tertiary/aromatic N) is 1. The van der Waals surface area contributed by atoms with Crippen molar-refractivity contribution >= 4 is 16.9 Å². The minimum Gasteiger partial charge on any atom is -0.451 e. The number of hydrogen-bond acceptors (Lipinski definition) is 3. The Kier molecular flexibility index (Phi) is 2.79. The summed E-state index contributed by atoms with van der Waals surface area (Å²) < 4.78 is 5.52. The molecule has 0 saturated heterocycles. The van der Waals surface area contributed by atoms with Crippen molar-refractivity contribution in [1.29, 1.82) is 0 Å². The summed E-state index contributed by atoms with van der Waals surface area (Å²) in [4.78, 5) is 12.0. The topological polar surface area (TPSA) is 70.9 Å². The summed E-state index contributed by atoms with van der Waals surface area (Å²) in [6.45, 7) is 2.43. The smallest absolute Gasteiger partial charge is 0.287 e. The number of fused-ring (bicyclic) bond motifs is 1. The van der Waals surface area contributed by atoms with Gasteiger partial charge in [0.2, 0.25) is 0 Å². The van der Waals surface area contributed by atoms with Gasteiger partial charge < -0.3 is 9.73 Å². The zero-order valence-electron chi connectivity index (χ0n) is 10.4. The number of hydrogen-bond donors (Lipinski definition) is 2. The lowest BCUT2D eigenvalue weighted by atomic mass is 10.2. The molecule has 5 heteroatoms. The van der Waals surface area contributed by atoms with E-state index in [4.69, 9.17) is 4.42 Å². The summed E-state index contributed by atoms with van der Waals surface area (Å²) in [5.41, 5.74) is 2.78. The predicted molar refractivity (Wildman–Crippen MR) is 70.7 cm³/mol. The monoisotopic (exact) mass is 255 g/mol. The average molecular weight is 255 g/mol. The molecule has 19 heavy (non-hydrogen) atoms. The molecule has 1 aromatic carbocycles. The molecule has 0 aliphatic carbocycles. The van der Waals surface area contributed by atoms with Gasteiger partial charge in [-0.05, 0) is 25.1 Å². The molecule has 0 spiro atoms. The van der Waals surface area contributed by atoms with Crippen LogP contribution in [0, 0.1) is 6.92 Å². The fraction of sp³-hybridized carbons (Fsp3) is 0.143. The van der Waals surface area contributed by atoms with Crippen LogP contribution in [0.4, 0.5) is 0 Å². The third-order valence-corrected chi connectivity index (χ3v) is 2.90. The predicted octanol–water partition coefficient (Wildman–Crippen LogP) is 2.39. The molecule has 0 bridgehead atoms. The van der Waals surface area contributed by atoms with Crippen LogP contribution in [0.5, 0.6) is 0 Å². The number of aryl methyl sites for hydroxylation is 1. The lowest BCUT2D eigenvalue weighted by Gasteiger charge is -1.99. The van der Waals surface area contributed by atoms with Crippen LogP contribution >= 0.6 is 0 Å². The lowest BCUT2D eigenvalue weighted by molar-refractivity contribution is 0.0925. The summed E-state index contributed by atoms with van der Waals surface area (Å²) in [5.74, 6) is 0.0964. The minimum absolute atomic E-state index is 0.227. The van der Waals surface area contributed by atoms with Gasteiger partial charge in [0.1, 0.15) is 5.58 Å². The summed E-state index contributed by atoms with van der Waals surface area (Å²) in [7, 11) is 0. The fourth-order valence-corrected chi connectivity index (χ4v) is 1.92. The second-order valence-corrected chi connectivity index (χ2v) is 4.44. The molecule has 3 rings (SSSR count). The van der Waals surface area contributed by atoms with Crippen LogP contribution in [0.25, 0.3) is 11.0 Å². The van der Waals surface area contributed by atoms with Crippen LogP contribution in [-0.2, 0) is 6.54 Å². The lowest BCUT2D eigenvalue weighted by Crippen LogP contribution is -2.21. The molecule has 5 nitrogen and oxygen atoms in total. The number of carbonyl (C=O) groups is 1. The number of nitrogens with one attached hydrogen (secondary N) is 2. The van der Waals surface area contributed by atoms with Gasteiger partial charge in [-0.25, -0.2) is 0 Å². The van der Waals surface area contributed by atoms with Crippen molar-refractivity contribution in [2.24, 2.45) is 0 Å². The van der Waals surface area contributed by atoms with Crippen molar-refractivity contribution < 1.29 is 9.21 Å². The zero-order valence-corrected chi connectivity index (χ0v) is 10.4. The Labute approximate surface area is 109 Å². The normalized spacial score (nSPS) is 10.8. The van der Waals surface area contributed by atoms with Crippen LogP contribution in [0.3, 0.4) is 0 Å². The van der Waals surface area contributed by atoms with Crippen LogP contribution in [0.15, 0.2) is 41.1 Å². The van der Waals surface area contributed by atoms with E-state index in [0.717, 1.165) is 22.1 Å². The summed E-state index contributed by atoms with van der Waals surface area (Å²) in [5, 5.41) is 10.2. The highest BCUT2D eigenvalue weighted by atomic mass is 16.3. The van der Waals surface area contributed by atoms with Crippen LogP contribution in [0.1, 0.15) is 21.7 Å². The molecule has 0 unspecified atom stereocenters. The van der Waals surface area contributed by atoms with Gasteiger partial charge in [0.05, 0.1) is 6.20 Å². The number of benzene rings is 1. The van der Waals surface area contributed by atoms with Crippen LogP contribution in [0.2, 0.25) is 0 Å². The first kappa shape index (κ1) is 11.5. The van der Waals surface area contributed by atoms with Crippen molar-refractivity contribution in [3.63, 3.8) is 0 Å². The zero-order chi connectivity index (χ0) is 13.2. The number of furan rings is 1. The molecule has 0 radical (unpaired) electrons. The number of rotatable bonds is 3. The van der Waals surface area contributed by atoms with E-state index < -0.39 is 0 Å². The Morgan fingerprint density at radius 1 is 1.42 bits per heavy atom. The van der Waals surface area contributed by atoms with E-state index in [2.05, 4.69) is 15.5 Å². The Morgan fingerprint density at radius 3 is 3.11 bits per heavy atom. The molecule has 3 aromatic rings. The van der Waals surface area contributed by atoms with Gasteiger partial charge in [-0.3, -0.25) is 9.89 Å². The van der Waals surface area contributed by atoms with Gasteiger partial charge in [-0.15, -0.1) is 0 Å². The molecule has 0 atom stereocenters. The van der Waals surface area contributed by atoms with Gasteiger partial charge in [0, 0.05) is 23.7 Å². The van der Waals surface area contributed by atoms with Crippen molar-refractivity contribution in [3.8, 4) is 0 Å². The molecule has 0 fully saturated rings. The quantitative estimate of drug-likeness (QED) is 0.755. The molecule has 2 aromatic heterocycles. The van der Waals surface area contributed by atoms with Crippen LogP contribution in [-0.4, -0.2) is 16.1 Å². The molecule has 96 valence electrons. The van der Waals surface area contributed by atoms with E-state index in [1.807, 2.05) is 25.1 Å².